The van der Waals surface area contributed by atoms with Gasteiger partial charge in [-0.05, 0) is 107 Å². The van der Waals surface area contributed by atoms with E-state index < -0.39 is 29.2 Å². The SMILES string of the molecule is Cc1c(N=Cc2ncc(Br)cc2F)ccc2c1C[C@@H](C)N(CC1(F)CC1)[C@@H]2C1N=CC(Br)=CC1(C)F. The van der Waals surface area contributed by atoms with Crippen LogP contribution in [0.1, 0.15) is 55.1 Å². The summed E-state index contributed by atoms with van der Waals surface area (Å²) >= 11 is 6.56. The minimum absolute atomic E-state index is 0.0143. The molecule has 9 heteroatoms. The van der Waals surface area contributed by atoms with E-state index in [4.69, 9.17) is 0 Å². The smallest absolute Gasteiger partial charge is 0.151 e. The number of allylic oxidation sites excluding steroid dienone is 1. The normalized spacial score (nSPS) is 29.3. The molecule has 2 aromatic rings. The molecule has 190 valence electrons. The van der Waals surface area contributed by atoms with Gasteiger partial charge in [0.05, 0.1) is 17.9 Å². The molecule has 3 heterocycles. The highest BCUT2D eigenvalue weighted by Crippen LogP contribution is 2.49. The molecular weight excluding hydrogens is 597 g/mol. The van der Waals surface area contributed by atoms with Crippen LogP contribution in [0, 0.1) is 12.7 Å². The lowest BCUT2D eigenvalue weighted by Gasteiger charge is -2.48. The van der Waals surface area contributed by atoms with Gasteiger partial charge < -0.3 is 0 Å². The monoisotopic (exact) mass is 622 g/mol. The van der Waals surface area contributed by atoms with Gasteiger partial charge in [-0.3, -0.25) is 19.9 Å². The van der Waals surface area contributed by atoms with Gasteiger partial charge in [0, 0.05) is 34.0 Å². The lowest BCUT2D eigenvalue weighted by atomic mass is 9.78. The molecule has 0 spiro atoms. The Balaban J connectivity index is 1.56. The van der Waals surface area contributed by atoms with E-state index in [-0.39, 0.29) is 18.3 Å². The van der Waals surface area contributed by atoms with Crippen LogP contribution in [0.25, 0.3) is 0 Å². The molecule has 0 radical (unpaired) electrons. The van der Waals surface area contributed by atoms with Gasteiger partial charge in [0.25, 0.3) is 0 Å². The van der Waals surface area contributed by atoms with Crippen molar-refractivity contribution < 1.29 is 13.2 Å². The van der Waals surface area contributed by atoms with Crippen LogP contribution >= 0.6 is 31.9 Å². The minimum Gasteiger partial charge on any atom is -0.288 e. The molecule has 2 unspecified atom stereocenters. The molecular formula is C27H27Br2F3N4. The molecule has 3 aliphatic rings. The van der Waals surface area contributed by atoms with E-state index in [1.54, 1.807) is 6.21 Å². The summed E-state index contributed by atoms with van der Waals surface area (Å²) in [6, 6.07) is 3.98. The van der Waals surface area contributed by atoms with E-state index in [1.165, 1.54) is 31.5 Å². The standard InChI is InChI=1S/C27H27Br2F3N4/c1-15-8-20-16(2)22(34-13-23-21(30)9-17(28)11-33-23)5-4-19(20)24(36(15)14-27(32)6-7-27)25-26(3,31)10-18(29)12-35-25/h4-5,9-13,15,24-25H,6-8,14H2,1-3H3/t15-,24+,25?,26?/m1/s1. The molecule has 0 amide bonds. The molecule has 1 aliphatic carbocycles. The third-order valence-electron chi connectivity index (χ3n) is 7.42. The second-order valence-corrected chi connectivity index (χ2v) is 12.1. The minimum atomic E-state index is -1.71. The fourth-order valence-electron chi connectivity index (χ4n) is 5.28. The third-order valence-corrected chi connectivity index (χ3v) is 8.29. The number of hydrogen-bond acceptors (Lipinski definition) is 4. The second kappa shape index (κ2) is 9.48. The predicted octanol–water partition coefficient (Wildman–Crippen LogP) is 7.29. The zero-order chi connectivity index (χ0) is 25.8. The van der Waals surface area contributed by atoms with E-state index in [9.17, 15) is 4.39 Å². The average molecular weight is 624 g/mol. The highest BCUT2D eigenvalue weighted by Gasteiger charge is 2.52. The number of benzene rings is 1. The maximum absolute atomic E-state index is 16.0. The third kappa shape index (κ3) is 4.98. The number of pyridine rings is 1. The number of halogens is 5. The number of aromatic nitrogens is 1. The summed E-state index contributed by atoms with van der Waals surface area (Å²) in [5.41, 5.74) is 0.855. The zero-order valence-electron chi connectivity index (χ0n) is 20.3. The van der Waals surface area contributed by atoms with Crippen molar-refractivity contribution in [1.82, 2.24) is 9.88 Å². The molecule has 4 nitrogen and oxygen atoms in total. The van der Waals surface area contributed by atoms with Crippen molar-refractivity contribution in [2.24, 2.45) is 9.98 Å². The highest BCUT2D eigenvalue weighted by molar-refractivity contribution is 9.12. The largest absolute Gasteiger partial charge is 0.288 e. The second-order valence-electron chi connectivity index (χ2n) is 10.3. The van der Waals surface area contributed by atoms with Crippen LogP contribution in [-0.4, -0.2) is 52.3 Å². The van der Waals surface area contributed by atoms with Crippen molar-refractivity contribution in [2.75, 3.05) is 6.54 Å². The molecule has 0 saturated heterocycles. The van der Waals surface area contributed by atoms with Crippen LogP contribution in [0.5, 0.6) is 0 Å². The van der Waals surface area contributed by atoms with Crippen molar-refractivity contribution in [2.45, 2.75) is 69.5 Å². The Morgan fingerprint density at radius 1 is 1.25 bits per heavy atom. The number of rotatable bonds is 5. The Morgan fingerprint density at radius 2 is 2.00 bits per heavy atom. The zero-order valence-corrected chi connectivity index (χ0v) is 23.5. The topological polar surface area (TPSA) is 40.9 Å². The fraction of sp³-hybridized carbons (Fsp3) is 0.444. The summed E-state index contributed by atoms with van der Waals surface area (Å²) in [7, 11) is 0. The first-order chi connectivity index (χ1) is 17.0. The maximum atomic E-state index is 16.0. The van der Waals surface area contributed by atoms with Crippen LogP contribution in [0.2, 0.25) is 0 Å². The molecule has 1 fully saturated rings. The van der Waals surface area contributed by atoms with Gasteiger partial charge in [-0.15, -0.1) is 0 Å². The first kappa shape index (κ1) is 25.8. The first-order valence-corrected chi connectivity index (χ1v) is 13.6. The van der Waals surface area contributed by atoms with E-state index in [1.807, 2.05) is 19.1 Å². The molecule has 1 saturated carbocycles. The van der Waals surface area contributed by atoms with Gasteiger partial charge in [0.1, 0.15) is 17.4 Å². The quantitative estimate of drug-likeness (QED) is 0.328. The van der Waals surface area contributed by atoms with E-state index >= 15 is 8.78 Å². The summed E-state index contributed by atoms with van der Waals surface area (Å²) in [5.74, 6) is -0.468. The van der Waals surface area contributed by atoms with Crippen LogP contribution in [0.4, 0.5) is 18.9 Å². The van der Waals surface area contributed by atoms with Gasteiger partial charge in [-0.1, -0.05) is 6.07 Å². The predicted molar refractivity (Wildman–Crippen MR) is 145 cm³/mol. The summed E-state index contributed by atoms with van der Waals surface area (Å²) in [5, 5.41) is 0. The van der Waals surface area contributed by atoms with Crippen LogP contribution in [0.15, 0.2) is 49.4 Å². The lowest BCUT2D eigenvalue weighted by molar-refractivity contribution is 0.0366. The fourth-order valence-corrected chi connectivity index (χ4v) is 6.15. The highest BCUT2D eigenvalue weighted by atomic mass is 79.9. The number of fused-ring (bicyclic) bond motifs is 1. The van der Waals surface area contributed by atoms with E-state index in [0.29, 0.717) is 33.9 Å². The Hall–Kier alpha value is -1.84. The molecule has 4 atom stereocenters. The van der Waals surface area contributed by atoms with Crippen LogP contribution in [0.3, 0.4) is 0 Å². The molecule has 0 bridgehead atoms. The summed E-state index contributed by atoms with van der Waals surface area (Å²) in [6.45, 7) is 5.83. The van der Waals surface area contributed by atoms with Crippen LogP contribution < -0.4 is 0 Å². The number of nitrogens with zero attached hydrogens (tertiary/aromatic N) is 4. The maximum Gasteiger partial charge on any atom is 0.151 e. The van der Waals surface area contributed by atoms with Crippen molar-refractivity contribution in [3.05, 3.63) is 67.6 Å². The van der Waals surface area contributed by atoms with E-state index in [2.05, 4.69) is 58.7 Å². The number of dihydropyridines is 1. The number of hydrogen-bond donors (Lipinski definition) is 0. The van der Waals surface area contributed by atoms with E-state index in [0.717, 1.165) is 16.7 Å². The van der Waals surface area contributed by atoms with Crippen molar-refractivity contribution in [3.63, 3.8) is 0 Å². The Labute approximate surface area is 226 Å². The number of alkyl halides is 2. The Morgan fingerprint density at radius 3 is 2.67 bits per heavy atom. The Kier molecular flexibility index (Phi) is 6.79. The lowest BCUT2D eigenvalue weighted by Crippen LogP contribution is -2.53. The summed E-state index contributed by atoms with van der Waals surface area (Å²) < 4.78 is 46.4. The van der Waals surface area contributed by atoms with Crippen molar-refractivity contribution in [1.29, 1.82) is 0 Å². The van der Waals surface area contributed by atoms with Crippen LogP contribution in [-0.2, 0) is 6.42 Å². The first-order valence-electron chi connectivity index (χ1n) is 12.0. The van der Waals surface area contributed by atoms with Gasteiger partial charge in [0.2, 0.25) is 0 Å². The Bertz CT molecular complexity index is 1290. The molecule has 1 aromatic heterocycles. The van der Waals surface area contributed by atoms with Gasteiger partial charge in [-0.2, -0.15) is 0 Å². The number of aliphatic imine (C=N–C) groups is 2. The molecule has 36 heavy (non-hydrogen) atoms. The van der Waals surface area contributed by atoms with Gasteiger partial charge in [0.15, 0.2) is 11.5 Å². The molecule has 0 N–H and O–H groups in total. The molecule has 5 rings (SSSR count). The average Bonchev–Trinajstić information content (AvgIpc) is 3.52. The molecule has 1 aromatic carbocycles. The summed E-state index contributed by atoms with van der Waals surface area (Å²) in [6.07, 6.45) is 7.87. The van der Waals surface area contributed by atoms with Crippen molar-refractivity contribution >= 4 is 50.0 Å². The van der Waals surface area contributed by atoms with Gasteiger partial charge in [-0.25, -0.2) is 13.2 Å². The summed E-state index contributed by atoms with van der Waals surface area (Å²) in [4.78, 5) is 15.3. The molecule has 2 aliphatic heterocycles. The van der Waals surface area contributed by atoms with Gasteiger partial charge >= 0.3 is 0 Å². The van der Waals surface area contributed by atoms with Crippen molar-refractivity contribution in [3.8, 4) is 0 Å².